The highest BCUT2D eigenvalue weighted by Crippen LogP contribution is 2.39. The predicted molar refractivity (Wildman–Crippen MR) is 64.7 cm³/mol. The van der Waals surface area contributed by atoms with Crippen LogP contribution < -0.4 is 5.32 Å². The van der Waals surface area contributed by atoms with Crippen LogP contribution in [0.5, 0.6) is 0 Å². The first-order valence-corrected chi connectivity index (χ1v) is 6.91. The summed E-state index contributed by atoms with van der Waals surface area (Å²) in [6.07, 6.45) is 5.33. The van der Waals surface area contributed by atoms with Crippen molar-refractivity contribution in [3.8, 4) is 0 Å². The summed E-state index contributed by atoms with van der Waals surface area (Å²) >= 11 is 0. The molecule has 0 aliphatic carbocycles. The second-order valence-corrected chi connectivity index (χ2v) is 5.65. The second-order valence-electron chi connectivity index (χ2n) is 5.65. The van der Waals surface area contributed by atoms with Gasteiger partial charge in [0.2, 0.25) is 5.91 Å². The average Bonchev–Trinajstić information content (AvgIpc) is 2.70. The van der Waals surface area contributed by atoms with Crippen LogP contribution in [0.15, 0.2) is 0 Å². The molecule has 96 valence electrons. The Hall–Kier alpha value is -0.610. The lowest BCUT2D eigenvalue weighted by Crippen LogP contribution is -2.48. The molecule has 1 spiro atoms. The molecule has 17 heavy (non-hydrogen) atoms. The molecule has 0 aromatic heterocycles. The molecule has 1 amide bonds. The lowest BCUT2D eigenvalue weighted by molar-refractivity contribution is -0.140. The molecule has 3 aliphatic rings. The van der Waals surface area contributed by atoms with Crippen LogP contribution in [0.4, 0.5) is 0 Å². The molecular formula is C13H22N2O2. The standard InChI is InChI=1S/C13H22N2O2/c16-12-13(4-1-6-14-10-13)5-7-15(12)11-2-8-17-9-3-11/h11,14H,1-10H2/t13-/m0/s1. The van der Waals surface area contributed by atoms with E-state index in [2.05, 4.69) is 10.2 Å². The van der Waals surface area contributed by atoms with E-state index in [0.717, 1.165) is 65.0 Å². The number of nitrogens with one attached hydrogen (secondary N) is 1. The topological polar surface area (TPSA) is 41.6 Å². The number of nitrogens with zero attached hydrogens (tertiary/aromatic N) is 1. The Bertz CT molecular complexity index is 294. The molecule has 1 atom stereocenters. The van der Waals surface area contributed by atoms with Crippen molar-refractivity contribution in [2.75, 3.05) is 32.8 Å². The largest absolute Gasteiger partial charge is 0.381 e. The monoisotopic (exact) mass is 238 g/mol. The Morgan fingerprint density at radius 1 is 1.29 bits per heavy atom. The molecule has 3 aliphatic heterocycles. The van der Waals surface area contributed by atoms with E-state index in [1.807, 2.05) is 0 Å². The van der Waals surface area contributed by atoms with Crippen LogP contribution in [0.25, 0.3) is 0 Å². The molecule has 0 aromatic carbocycles. The summed E-state index contributed by atoms with van der Waals surface area (Å²) in [7, 11) is 0. The molecular weight excluding hydrogens is 216 g/mol. The third kappa shape index (κ3) is 1.97. The van der Waals surface area contributed by atoms with Crippen molar-refractivity contribution in [2.45, 2.75) is 38.1 Å². The number of carbonyl (C=O) groups excluding carboxylic acids is 1. The van der Waals surface area contributed by atoms with Crippen molar-refractivity contribution in [3.63, 3.8) is 0 Å². The van der Waals surface area contributed by atoms with Crippen LogP contribution in [0.2, 0.25) is 0 Å². The van der Waals surface area contributed by atoms with Gasteiger partial charge in [0.05, 0.1) is 5.41 Å². The summed E-state index contributed by atoms with van der Waals surface area (Å²) in [6.45, 7) is 4.57. The van der Waals surface area contributed by atoms with Crippen molar-refractivity contribution >= 4 is 5.91 Å². The van der Waals surface area contributed by atoms with Crippen molar-refractivity contribution < 1.29 is 9.53 Å². The van der Waals surface area contributed by atoms with E-state index in [1.165, 1.54) is 0 Å². The van der Waals surface area contributed by atoms with Gasteiger partial charge < -0.3 is 15.0 Å². The fraction of sp³-hybridized carbons (Fsp3) is 0.923. The molecule has 4 nitrogen and oxygen atoms in total. The average molecular weight is 238 g/mol. The van der Waals surface area contributed by atoms with Gasteiger partial charge in [-0.1, -0.05) is 0 Å². The van der Waals surface area contributed by atoms with E-state index >= 15 is 0 Å². The molecule has 3 fully saturated rings. The Kier molecular flexibility index (Phi) is 3.09. The molecule has 0 aromatic rings. The van der Waals surface area contributed by atoms with E-state index in [4.69, 9.17) is 4.74 Å². The summed E-state index contributed by atoms with van der Waals surface area (Å²) < 4.78 is 5.38. The third-order valence-corrected chi connectivity index (χ3v) is 4.65. The molecule has 3 heterocycles. The number of likely N-dealkylation sites (tertiary alicyclic amines) is 1. The predicted octanol–water partition coefficient (Wildman–Crippen LogP) is 0.767. The molecule has 0 bridgehead atoms. The maximum absolute atomic E-state index is 12.6. The van der Waals surface area contributed by atoms with Crippen molar-refractivity contribution in [1.29, 1.82) is 0 Å². The highest BCUT2D eigenvalue weighted by atomic mass is 16.5. The highest BCUT2D eigenvalue weighted by Gasteiger charge is 2.48. The zero-order chi connectivity index (χ0) is 11.7. The Labute approximate surface area is 103 Å². The Balaban J connectivity index is 1.70. The van der Waals surface area contributed by atoms with Crippen LogP contribution >= 0.6 is 0 Å². The summed E-state index contributed by atoms with van der Waals surface area (Å²) in [5.41, 5.74) is -0.0590. The summed E-state index contributed by atoms with van der Waals surface area (Å²) in [6, 6.07) is 0.442. The van der Waals surface area contributed by atoms with Gasteiger partial charge in [0.15, 0.2) is 0 Å². The molecule has 3 saturated heterocycles. The van der Waals surface area contributed by atoms with Crippen LogP contribution in [0, 0.1) is 5.41 Å². The van der Waals surface area contributed by atoms with Crippen LogP contribution in [-0.2, 0) is 9.53 Å². The van der Waals surface area contributed by atoms with E-state index in [-0.39, 0.29) is 5.41 Å². The zero-order valence-electron chi connectivity index (χ0n) is 10.4. The minimum absolute atomic E-state index is 0.0590. The van der Waals surface area contributed by atoms with Gasteiger partial charge in [-0.2, -0.15) is 0 Å². The van der Waals surface area contributed by atoms with Crippen molar-refractivity contribution in [2.24, 2.45) is 5.41 Å². The number of ether oxygens (including phenoxy) is 1. The van der Waals surface area contributed by atoms with Gasteiger partial charge in [0, 0.05) is 32.3 Å². The maximum Gasteiger partial charge on any atom is 0.230 e. The number of carbonyl (C=O) groups is 1. The number of amides is 1. The van der Waals surface area contributed by atoms with Crippen molar-refractivity contribution in [3.05, 3.63) is 0 Å². The number of piperidine rings is 1. The van der Waals surface area contributed by atoms with E-state index < -0.39 is 0 Å². The normalized spacial score (nSPS) is 35.8. The number of rotatable bonds is 1. The van der Waals surface area contributed by atoms with Crippen LogP contribution in [-0.4, -0.2) is 49.7 Å². The first-order valence-electron chi connectivity index (χ1n) is 6.91. The van der Waals surface area contributed by atoms with Gasteiger partial charge in [-0.15, -0.1) is 0 Å². The minimum atomic E-state index is -0.0590. The Morgan fingerprint density at radius 3 is 2.82 bits per heavy atom. The third-order valence-electron chi connectivity index (χ3n) is 4.65. The van der Waals surface area contributed by atoms with E-state index in [0.29, 0.717) is 11.9 Å². The zero-order valence-corrected chi connectivity index (χ0v) is 10.4. The quantitative estimate of drug-likeness (QED) is 0.733. The van der Waals surface area contributed by atoms with E-state index in [1.54, 1.807) is 0 Å². The van der Waals surface area contributed by atoms with Gasteiger partial charge in [-0.3, -0.25) is 4.79 Å². The van der Waals surface area contributed by atoms with E-state index in [9.17, 15) is 4.79 Å². The lowest BCUT2D eigenvalue weighted by atomic mass is 9.79. The van der Waals surface area contributed by atoms with Crippen molar-refractivity contribution in [1.82, 2.24) is 10.2 Å². The fourth-order valence-electron chi connectivity index (χ4n) is 3.56. The second kappa shape index (κ2) is 4.58. The molecule has 1 N–H and O–H groups in total. The molecule has 4 heteroatoms. The molecule has 0 radical (unpaired) electrons. The Morgan fingerprint density at radius 2 is 2.12 bits per heavy atom. The summed E-state index contributed by atoms with van der Waals surface area (Å²) in [4.78, 5) is 14.8. The van der Waals surface area contributed by atoms with Gasteiger partial charge in [-0.25, -0.2) is 0 Å². The minimum Gasteiger partial charge on any atom is -0.381 e. The highest BCUT2D eigenvalue weighted by molar-refractivity contribution is 5.85. The van der Waals surface area contributed by atoms with Gasteiger partial charge in [-0.05, 0) is 38.6 Å². The maximum atomic E-state index is 12.6. The molecule has 0 saturated carbocycles. The number of hydrogen-bond donors (Lipinski definition) is 1. The van der Waals surface area contributed by atoms with Gasteiger partial charge in [0.1, 0.15) is 0 Å². The number of hydrogen-bond acceptors (Lipinski definition) is 3. The van der Waals surface area contributed by atoms with Gasteiger partial charge in [0.25, 0.3) is 0 Å². The smallest absolute Gasteiger partial charge is 0.230 e. The van der Waals surface area contributed by atoms with Crippen LogP contribution in [0.3, 0.4) is 0 Å². The fourth-order valence-corrected chi connectivity index (χ4v) is 3.56. The van der Waals surface area contributed by atoms with Crippen LogP contribution in [0.1, 0.15) is 32.1 Å². The van der Waals surface area contributed by atoms with Gasteiger partial charge >= 0.3 is 0 Å². The summed E-state index contributed by atoms with van der Waals surface area (Å²) in [5, 5.41) is 3.40. The lowest BCUT2D eigenvalue weighted by Gasteiger charge is -2.35. The SMILES string of the molecule is O=C1N(C2CCOCC2)CC[C@]12CCCNC2. The summed E-state index contributed by atoms with van der Waals surface area (Å²) in [5.74, 6) is 0.414. The molecule has 3 rings (SSSR count). The first-order chi connectivity index (χ1) is 8.32. The molecule has 0 unspecified atom stereocenters. The first kappa shape index (κ1) is 11.5.